The number of esters is 1. The molecule has 5 nitrogen and oxygen atoms in total. The number of hydrogen-bond donors (Lipinski definition) is 0. The van der Waals surface area contributed by atoms with Crippen LogP contribution in [0.3, 0.4) is 0 Å². The summed E-state index contributed by atoms with van der Waals surface area (Å²) in [6.45, 7) is 16.0. The Kier molecular flexibility index (Phi) is 8.04. The van der Waals surface area contributed by atoms with Crippen LogP contribution in [0.25, 0.3) is 0 Å². The monoisotopic (exact) mass is 416 g/mol. The number of carbonyl (C=O) groups is 1. The number of hydrogen-bond acceptors (Lipinski definition) is 5. The smallest absolute Gasteiger partial charge is 0.310 e. The first-order valence-corrected chi connectivity index (χ1v) is 13.5. The SMILES string of the molecule is CCOC(=O)[C@H]1CCCN(C[C@@H](O[Si](C)(C)C(C)(C)C)c2ccc(C#N)cc2)C1. The van der Waals surface area contributed by atoms with Crippen molar-refractivity contribution in [2.24, 2.45) is 5.92 Å². The van der Waals surface area contributed by atoms with Crippen molar-refractivity contribution in [2.75, 3.05) is 26.2 Å². The third kappa shape index (κ3) is 6.40. The van der Waals surface area contributed by atoms with Gasteiger partial charge in [0.1, 0.15) is 0 Å². The molecule has 0 aliphatic carbocycles. The van der Waals surface area contributed by atoms with E-state index in [4.69, 9.17) is 14.4 Å². The zero-order valence-corrected chi connectivity index (χ0v) is 19.8. The number of nitriles is 1. The fourth-order valence-corrected chi connectivity index (χ4v) is 4.70. The van der Waals surface area contributed by atoms with Crippen molar-refractivity contribution in [3.05, 3.63) is 35.4 Å². The van der Waals surface area contributed by atoms with E-state index >= 15 is 0 Å². The molecule has 0 amide bonds. The van der Waals surface area contributed by atoms with Crippen molar-refractivity contribution in [3.8, 4) is 6.07 Å². The predicted octanol–water partition coefficient (Wildman–Crippen LogP) is 4.90. The van der Waals surface area contributed by atoms with Gasteiger partial charge in [-0.05, 0) is 62.1 Å². The Morgan fingerprint density at radius 1 is 1.31 bits per heavy atom. The van der Waals surface area contributed by atoms with Crippen molar-refractivity contribution >= 4 is 14.3 Å². The molecule has 1 saturated heterocycles. The second kappa shape index (κ2) is 9.88. The summed E-state index contributed by atoms with van der Waals surface area (Å²) in [5, 5.41) is 9.22. The molecule has 160 valence electrons. The summed E-state index contributed by atoms with van der Waals surface area (Å²) in [5.41, 5.74) is 1.74. The Morgan fingerprint density at radius 2 is 1.97 bits per heavy atom. The summed E-state index contributed by atoms with van der Waals surface area (Å²) in [4.78, 5) is 14.6. The first-order chi connectivity index (χ1) is 13.6. The number of benzene rings is 1. The predicted molar refractivity (Wildman–Crippen MR) is 118 cm³/mol. The molecule has 0 unspecified atom stereocenters. The van der Waals surface area contributed by atoms with E-state index in [9.17, 15) is 4.79 Å². The molecular formula is C23H36N2O3Si. The lowest BCUT2D eigenvalue weighted by Crippen LogP contribution is -2.46. The maximum Gasteiger partial charge on any atom is 0.310 e. The zero-order chi connectivity index (χ0) is 21.7. The van der Waals surface area contributed by atoms with Gasteiger partial charge in [0, 0.05) is 13.1 Å². The summed E-state index contributed by atoms with van der Waals surface area (Å²) in [5.74, 6) is -0.143. The summed E-state index contributed by atoms with van der Waals surface area (Å²) in [7, 11) is -1.99. The number of carbonyl (C=O) groups excluding carboxylic acids is 1. The summed E-state index contributed by atoms with van der Waals surface area (Å²) < 4.78 is 12.1. The minimum atomic E-state index is -1.99. The van der Waals surface area contributed by atoms with Gasteiger partial charge in [0.15, 0.2) is 8.32 Å². The molecule has 1 aliphatic rings. The molecule has 0 N–H and O–H groups in total. The average molecular weight is 417 g/mol. The highest BCUT2D eigenvalue weighted by Crippen LogP contribution is 2.40. The third-order valence-corrected chi connectivity index (χ3v) is 10.7. The lowest BCUT2D eigenvalue weighted by Gasteiger charge is -2.41. The fraction of sp³-hybridized carbons (Fsp3) is 0.652. The van der Waals surface area contributed by atoms with Crippen LogP contribution in [0, 0.1) is 17.2 Å². The van der Waals surface area contributed by atoms with Gasteiger partial charge < -0.3 is 9.16 Å². The summed E-state index contributed by atoms with van der Waals surface area (Å²) >= 11 is 0. The summed E-state index contributed by atoms with van der Waals surface area (Å²) in [6, 6.07) is 9.90. The Labute approximate surface area is 177 Å². The minimum Gasteiger partial charge on any atom is -0.466 e. The van der Waals surface area contributed by atoms with Gasteiger partial charge in [-0.2, -0.15) is 5.26 Å². The molecule has 1 heterocycles. The van der Waals surface area contributed by atoms with E-state index in [1.165, 1.54) is 0 Å². The third-order valence-electron chi connectivity index (χ3n) is 6.20. The average Bonchev–Trinajstić information content (AvgIpc) is 2.67. The highest BCUT2D eigenvalue weighted by Gasteiger charge is 2.40. The van der Waals surface area contributed by atoms with Gasteiger partial charge in [-0.25, -0.2) is 0 Å². The molecule has 0 bridgehead atoms. The van der Waals surface area contributed by atoms with E-state index < -0.39 is 8.32 Å². The van der Waals surface area contributed by atoms with Gasteiger partial charge in [-0.3, -0.25) is 9.69 Å². The maximum atomic E-state index is 12.2. The lowest BCUT2D eigenvalue weighted by molar-refractivity contribution is -0.150. The molecule has 29 heavy (non-hydrogen) atoms. The minimum absolute atomic E-state index is 0.0572. The van der Waals surface area contributed by atoms with Gasteiger partial charge in [-0.1, -0.05) is 32.9 Å². The quantitative estimate of drug-likeness (QED) is 0.467. The van der Waals surface area contributed by atoms with Crippen LogP contribution >= 0.6 is 0 Å². The van der Waals surface area contributed by atoms with Gasteiger partial charge in [0.05, 0.1) is 30.3 Å². The highest BCUT2D eigenvalue weighted by atomic mass is 28.4. The van der Waals surface area contributed by atoms with Crippen molar-refractivity contribution < 1.29 is 14.0 Å². The van der Waals surface area contributed by atoms with E-state index in [1.54, 1.807) is 0 Å². The molecule has 1 fully saturated rings. The first-order valence-electron chi connectivity index (χ1n) is 10.6. The molecule has 0 spiro atoms. The Morgan fingerprint density at radius 3 is 2.52 bits per heavy atom. The molecule has 0 saturated carbocycles. The van der Waals surface area contributed by atoms with E-state index in [2.05, 4.69) is 44.8 Å². The highest BCUT2D eigenvalue weighted by molar-refractivity contribution is 6.74. The molecule has 1 aromatic rings. The van der Waals surface area contributed by atoms with Gasteiger partial charge in [0.25, 0.3) is 0 Å². The van der Waals surface area contributed by atoms with Crippen LogP contribution < -0.4 is 0 Å². The maximum absolute atomic E-state index is 12.2. The second-order valence-electron chi connectivity index (χ2n) is 9.45. The lowest BCUT2D eigenvalue weighted by atomic mass is 9.97. The number of ether oxygens (including phenoxy) is 1. The molecule has 6 heteroatoms. The van der Waals surface area contributed by atoms with Crippen molar-refractivity contribution in [1.29, 1.82) is 5.26 Å². The van der Waals surface area contributed by atoms with E-state index in [-0.39, 0.29) is 23.0 Å². The largest absolute Gasteiger partial charge is 0.466 e. The first kappa shape index (κ1) is 23.6. The Bertz CT molecular complexity index is 719. The topological polar surface area (TPSA) is 62.6 Å². The van der Waals surface area contributed by atoms with E-state index in [0.29, 0.717) is 18.7 Å². The molecule has 0 aromatic heterocycles. The summed E-state index contributed by atoms with van der Waals surface area (Å²) in [6.07, 6.45) is 1.80. The molecule has 2 rings (SSSR count). The van der Waals surface area contributed by atoms with Crippen LogP contribution in [0.4, 0.5) is 0 Å². The van der Waals surface area contributed by atoms with Crippen molar-refractivity contribution in [2.45, 2.75) is 64.8 Å². The van der Waals surface area contributed by atoms with Gasteiger partial charge >= 0.3 is 5.97 Å². The number of likely N-dealkylation sites (tertiary alicyclic amines) is 1. The number of piperidine rings is 1. The van der Waals surface area contributed by atoms with Crippen LogP contribution in [0.5, 0.6) is 0 Å². The molecular weight excluding hydrogens is 380 g/mol. The van der Waals surface area contributed by atoms with Crippen molar-refractivity contribution in [1.82, 2.24) is 4.90 Å². The second-order valence-corrected chi connectivity index (χ2v) is 14.2. The van der Waals surface area contributed by atoms with E-state index in [0.717, 1.165) is 31.5 Å². The van der Waals surface area contributed by atoms with Gasteiger partial charge in [-0.15, -0.1) is 0 Å². The van der Waals surface area contributed by atoms with Crippen LogP contribution in [-0.2, 0) is 14.0 Å². The fourth-order valence-electron chi connectivity index (χ4n) is 3.42. The molecule has 0 radical (unpaired) electrons. The van der Waals surface area contributed by atoms with Crippen LogP contribution in [-0.4, -0.2) is 45.4 Å². The molecule has 2 atom stereocenters. The van der Waals surface area contributed by atoms with Crippen LogP contribution in [0.1, 0.15) is 57.8 Å². The standard InChI is InChI=1S/C23H36N2O3Si/c1-7-27-22(26)20-9-8-14-25(16-20)17-21(28-29(5,6)23(2,3)4)19-12-10-18(15-24)11-13-19/h10-13,20-21H,7-9,14,16-17H2,1-6H3/t20-,21+/m0/s1. The zero-order valence-electron chi connectivity index (χ0n) is 18.8. The van der Waals surface area contributed by atoms with Gasteiger partial charge in [0.2, 0.25) is 0 Å². The number of nitrogens with zero attached hydrogens (tertiary/aromatic N) is 2. The Hall–Kier alpha value is -1.68. The van der Waals surface area contributed by atoms with Crippen LogP contribution in [0.2, 0.25) is 18.1 Å². The molecule has 1 aliphatic heterocycles. The Balaban J connectivity index is 2.20. The van der Waals surface area contributed by atoms with Crippen molar-refractivity contribution in [3.63, 3.8) is 0 Å². The van der Waals surface area contributed by atoms with Crippen LogP contribution in [0.15, 0.2) is 24.3 Å². The normalized spacial score (nSPS) is 19.4. The van der Waals surface area contributed by atoms with E-state index in [1.807, 2.05) is 31.2 Å². The number of rotatable bonds is 7. The molecule has 1 aromatic carbocycles.